The van der Waals surface area contributed by atoms with Crippen molar-refractivity contribution in [3.05, 3.63) is 41.1 Å². The minimum Gasteiger partial charge on any atom is -0.461 e. The summed E-state index contributed by atoms with van der Waals surface area (Å²) in [5.74, 6) is -0.808. The first kappa shape index (κ1) is 17.4. The Hall–Kier alpha value is -1.93. The molecule has 1 aliphatic rings. The van der Waals surface area contributed by atoms with Crippen molar-refractivity contribution >= 4 is 33.1 Å². The van der Waals surface area contributed by atoms with E-state index in [2.05, 4.69) is 10.6 Å². The highest BCUT2D eigenvalue weighted by atomic mass is 32.2. The number of ether oxygens (including phenoxy) is 1. The van der Waals surface area contributed by atoms with E-state index in [1.165, 1.54) is 0 Å². The predicted molar refractivity (Wildman–Crippen MR) is 90.6 cm³/mol. The number of thiocarbonyl (C=S) groups is 1. The number of rotatable bonds is 5. The number of carbonyl (C=O) groups excluding carboxylic acids is 1. The summed E-state index contributed by atoms with van der Waals surface area (Å²) in [6.07, 6.45) is 0. The van der Waals surface area contributed by atoms with Gasteiger partial charge in [0, 0.05) is 5.70 Å². The molecule has 2 rings (SSSR count). The number of sulfone groups is 1. The summed E-state index contributed by atoms with van der Waals surface area (Å²) in [7, 11) is -3.47. The van der Waals surface area contributed by atoms with E-state index in [1.807, 2.05) is 6.92 Å². The third-order valence-corrected chi connectivity index (χ3v) is 5.33. The van der Waals surface area contributed by atoms with Gasteiger partial charge >= 0.3 is 5.97 Å². The maximum absolute atomic E-state index is 12.2. The number of aryl methyl sites for hydroxylation is 1. The highest BCUT2D eigenvalue weighted by Crippen LogP contribution is 2.13. The summed E-state index contributed by atoms with van der Waals surface area (Å²) in [5.41, 5.74) is 2.00. The van der Waals surface area contributed by atoms with E-state index in [-0.39, 0.29) is 23.8 Å². The van der Waals surface area contributed by atoms with Crippen molar-refractivity contribution in [3.63, 3.8) is 0 Å². The molecule has 0 saturated heterocycles. The molecule has 0 saturated carbocycles. The number of benzene rings is 1. The summed E-state index contributed by atoms with van der Waals surface area (Å²) in [6, 6.07) is 6.56. The zero-order valence-electron chi connectivity index (χ0n) is 12.9. The lowest BCUT2D eigenvalue weighted by molar-refractivity contribution is -0.138. The smallest absolute Gasteiger partial charge is 0.337 e. The first-order valence-electron chi connectivity index (χ1n) is 7.01. The normalized spacial score (nSPS) is 15.0. The van der Waals surface area contributed by atoms with Crippen LogP contribution in [0.2, 0.25) is 0 Å². The molecule has 1 aromatic rings. The molecule has 0 bridgehead atoms. The zero-order chi connectivity index (χ0) is 17.0. The van der Waals surface area contributed by atoms with Crippen LogP contribution in [0.15, 0.2) is 40.4 Å². The number of nitrogens with one attached hydrogen (secondary N) is 2. The number of hydrogen-bond acceptors (Lipinski definition) is 5. The Morgan fingerprint density at radius 2 is 1.91 bits per heavy atom. The standard InChI is InChI=1S/C15H18N2O4S2/c1-10-3-5-12(6-4-10)23(19,20)8-7-21-14(18)13-9-16-15(22)17-11(13)2/h3-6H,7-9H2,1-2H3,(H2,16,17,22). The Morgan fingerprint density at radius 1 is 1.26 bits per heavy atom. The summed E-state index contributed by atoms with van der Waals surface area (Å²) in [4.78, 5) is 12.2. The van der Waals surface area contributed by atoms with Crippen LogP contribution in [0.25, 0.3) is 0 Å². The molecule has 0 fully saturated rings. The Labute approximate surface area is 140 Å². The van der Waals surface area contributed by atoms with Gasteiger partial charge in [-0.25, -0.2) is 13.2 Å². The molecule has 6 nitrogen and oxygen atoms in total. The van der Waals surface area contributed by atoms with Gasteiger partial charge in [-0.05, 0) is 38.2 Å². The van der Waals surface area contributed by atoms with E-state index in [0.29, 0.717) is 16.4 Å². The van der Waals surface area contributed by atoms with Gasteiger partial charge in [0.1, 0.15) is 6.61 Å². The van der Waals surface area contributed by atoms with Crippen LogP contribution in [0, 0.1) is 6.92 Å². The van der Waals surface area contributed by atoms with Gasteiger partial charge in [0.15, 0.2) is 14.9 Å². The van der Waals surface area contributed by atoms with E-state index >= 15 is 0 Å². The van der Waals surface area contributed by atoms with E-state index in [4.69, 9.17) is 17.0 Å². The summed E-state index contributed by atoms with van der Waals surface area (Å²) >= 11 is 4.93. The number of carbonyl (C=O) groups is 1. The van der Waals surface area contributed by atoms with Crippen molar-refractivity contribution < 1.29 is 17.9 Å². The quantitative estimate of drug-likeness (QED) is 0.604. The van der Waals surface area contributed by atoms with Crippen molar-refractivity contribution in [1.82, 2.24) is 10.6 Å². The largest absolute Gasteiger partial charge is 0.461 e. The molecule has 0 aliphatic carbocycles. The molecule has 124 valence electrons. The van der Waals surface area contributed by atoms with Gasteiger partial charge in [-0.3, -0.25) is 0 Å². The maximum atomic E-state index is 12.2. The van der Waals surface area contributed by atoms with Crippen LogP contribution in [0.1, 0.15) is 12.5 Å². The minimum atomic E-state index is -3.47. The zero-order valence-corrected chi connectivity index (χ0v) is 14.5. The van der Waals surface area contributed by atoms with Gasteiger partial charge < -0.3 is 15.4 Å². The lowest BCUT2D eigenvalue weighted by atomic mass is 10.2. The van der Waals surface area contributed by atoms with Crippen molar-refractivity contribution in [2.45, 2.75) is 18.7 Å². The van der Waals surface area contributed by atoms with Crippen LogP contribution in [-0.4, -0.2) is 38.4 Å². The second kappa shape index (κ2) is 7.10. The first-order chi connectivity index (χ1) is 10.8. The van der Waals surface area contributed by atoms with Crippen LogP contribution in [0.5, 0.6) is 0 Å². The number of esters is 1. The molecule has 23 heavy (non-hydrogen) atoms. The first-order valence-corrected chi connectivity index (χ1v) is 9.07. The van der Waals surface area contributed by atoms with Gasteiger partial charge in [0.25, 0.3) is 0 Å². The molecule has 2 N–H and O–H groups in total. The molecule has 0 radical (unpaired) electrons. The summed E-state index contributed by atoms with van der Waals surface area (Å²) in [5, 5.41) is 6.10. The molecule has 0 aromatic heterocycles. The van der Waals surface area contributed by atoms with Crippen LogP contribution in [0.3, 0.4) is 0 Å². The van der Waals surface area contributed by atoms with Crippen LogP contribution >= 0.6 is 12.2 Å². The monoisotopic (exact) mass is 354 g/mol. The van der Waals surface area contributed by atoms with Gasteiger partial charge in [0.2, 0.25) is 0 Å². The lowest BCUT2D eigenvalue weighted by Gasteiger charge is -2.20. The number of hydrogen-bond donors (Lipinski definition) is 2. The molecule has 1 aromatic carbocycles. The van der Waals surface area contributed by atoms with Gasteiger partial charge in [-0.2, -0.15) is 0 Å². The second-order valence-electron chi connectivity index (χ2n) is 5.18. The predicted octanol–water partition coefficient (Wildman–Crippen LogP) is 1.06. The van der Waals surface area contributed by atoms with Crippen molar-refractivity contribution in [3.8, 4) is 0 Å². The van der Waals surface area contributed by atoms with E-state index in [1.54, 1.807) is 31.2 Å². The fourth-order valence-corrected chi connectivity index (χ4v) is 3.33. The Balaban J connectivity index is 1.94. The topological polar surface area (TPSA) is 84.5 Å². The Bertz CT molecular complexity index is 752. The highest BCUT2D eigenvalue weighted by molar-refractivity contribution is 7.91. The molecule has 0 unspecified atom stereocenters. The Morgan fingerprint density at radius 3 is 2.52 bits per heavy atom. The molecule has 8 heteroatoms. The SMILES string of the molecule is CC1=C(C(=O)OCCS(=O)(=O)c2ccc(C)cc2)CNC(=S)N1. The van der Waals surface area contributed by atoms with Crippen LogP contribution in [-0.2, 0) is 19.4 Å². The van der Waals surface area contributed by atoms with Crippen LogP contribution < -0.4 is 10.6 Å². The molecule has 1 heterocycles. The molecule has 0 spiro atoms. The van der Waals surface area contributed by atoms with Crippen molar-refractivity contribution in [2.24, 2.45) is 0 Å². The maximum Gasteiger partial charge on any atom is 0.337 e. The second-order valence-corrected chi connectivity index (χ2v) is 7.70. The third-order valence-electron chi connectivity index (χ3n) is 3.39. The average molecular weight is 354 g/mol. The molecular formula is C15H18N2O4S2. The van der Waals surface area contributed by atoms with E-state index in [0.717, 1.165) is 5.56 Å². The summed E-state index contributed by atoms with van der Waals surface area (Å²) in [6.45, 7) is 3.66. The molecule has 0 amide bonds. The molecular weight excluding hydrogens is 336 g/mol. The van der Waals surface area contributed by atoms with E-state index in [9.17, 15) is 13.2 Å². The fraction of sp³-hybridized carbons (Fsp3) is 0.333. The summed E-state index contributed by atoms with van der Waals surface area (Å²) < 4.78 is 29.4. The fourth-order valence-electron chi connectivity index (χ4n) is 2.01. The Kier molecular flexibility index (Phi) is 5.38. The highest BCUT2D eigenvalue weighted by Gasteiger charge is 2.21. The van der Waals surface area contributed by atoms with Crippen LogP contribution in [0.4, 0.5) is 0 Å². The van der Waals surface area contributed by atoms with Crippen molar-refractivity contribution in [1.29, 1.82) is 0 Å². The third kappa shape index (κ3) is 4.52. The van der Waals surface area contributed by atoms with Gasteiger partial charge in [-0.15, -0.1) is 0 Å². The number of allylic oxidation sites excluding steroid dienone is 1. The molecule has 1 aliphatic heterocycles. The average Bonchev–Trinajstić information content (AvgIpc) is 2.47. The minimum absolute atomic E-state index is 0.198. The van der Waals surface area contributed by atoms with Gasteiger partial charge in [-0.1, -0.05) is 17.7 Å². The van der Waals surface area contributed by atoms with Crippen molar-refractivity contribution in [2.75, 3.05) is 18.9 Å². The molecule has 0 atom stereocenters. The lowest BCUT2D eigenvalue weighted by Crippen LogP contribution is -2.43. The van der Waals surface area contributed by atoms with Gasteiger partial charge in [0.05, 0.1) is 22.8 Å². The van der Waals surface area contributed by atoms with E-state index < -0.39 is 15.8 Å².